The Morgan fingerprint density at radius 3 is 1.05 bits per heavy atom. The quantitative estimate of drug-likeness (QED) is 0.0115. The molecule has 0 spiro atoms. The van der Waals surface area contributed by atoms with Gasteiger partial charge in [0.25, 0.3) is 0 Å². The second-order valence-corrected chi connectivity index (χ2v) is 38.1. The van der Waals surface area contributed by atoms with E-state index in [0.717, 1.165) is 265 Å². The van der Waals surface area contributed by atoms with Crippen LogP contribution in [0.15, 0.2) is 200 Å². The molecule has 0 aliphatic carbocycles. The summed E-state index contributed by atoms with van der Waals surface area (Å²) in [7, 11) is 4.85. The Balaban J connectivity index is 0.000000147. The molecule has 0 unspecified atom stereocenters. The normalized spacial score (nSPS) is 16.3. The molecule has 728 valence electrons. The second-order valence-electron chi connectivity index (χ2n) is 38.1. The number of aldehydes is 2. The van der Waals surface area contributed by atoms with Gasteiger partial charge in [0.15, 0.2) is 30.0 Å². The van der Waals surface area contributed by atoms with E-state index in [2.05, 4.69) is 327 Å². The number of methoxy groups -OCH3 is 3. The van der Waals surface area contributed by atoms with Gasteiger partial charge in [-0.25, -0.2) is 0 Å². The molecule has 0 bridgehead atoms. The lowest BCUT2D eigenvalue weighted by Gasteiger charge is -2.19. The van der Waals surface area contributed by atoms with Crippen molar-refractivity contribution >= 4 is 128 Å². The topological polar surface area (TPSA) is 301 Å². The monoisotopic (exact) mass is 1900 g/mol. The maximum absolute atomic E-state index is 11.5. The number of aromatic amines is 3. The summed E-state index contributed by atoms with van der Waals surface area (Å²) >= 11 is 0. The molecule has 4 fully saturated rings. The van der Waals surface area contributed by atoms with E-state index in [0.29, 0.717) is 42.1 Å². The van der Waals surface area contributed by atoms with E-state index in [-0.39, 0.29) is 30.2 Å². The minimum atomic E-state index is -0.715. The molecule has 142 heavy (non-hydrogen) atoms. The number of aryl methyl sites for hydroxylation is 3. The van der Waals surface area contributed by atoms with Crippen LogP contribution in [0.1, 0.15) is 159 Å². The largest absolute Gasteiger partial charge is 0.496 e. The summed E-state index contributed by atoms with van der Waals surface area (Å²) < 4.78 is 22.1. The number of β-amino-alcohol motifs (C(OH)–C–C–N with tert-alkyl or cyclic N) is 2. The molecule has 0 radical (unpaired) electrons. The van der Waals surface area contributed by atoms with E-state index >= 15 is 0 Å². The lowest BCUT2D eigenvalue weighted by molar-refractivity contribution is -0.145. The van der Waals surface area contributed by atoms with Gasteiger partial charge in [-0.15, -0.1) is 0 Å². The lowest BCUT2D eigenvalue weighted by atomic mass is 9.92. The highest BCUT2D eigenvalue weighted by molar-refractivity contribution is 5.97. The summed E-state index contributed by atoms with van der Waals surface area (Å²) in [5.41, 5.74) is 35.2. The highest BCUT2D eigenvalue weighted by atomic mass is 16.5. The van der Waals surface area contributed by atoms with E-state index in [9.17, 15) is 34.5 Å². The first-order valence-electron chi connectivity index (χ1n) is 48.7. The van der Waals surface area contributed by atoms with E-state index < -0.39 is 5.97 Å². The van der Waals surface area contributed by atoms with Gasteiger partial charge in [0.1, 0.15) is 23.4 Å². The van der Waals surface area contributed by atoms with Gasteiger partial charge < -0.3 is 50.2 Å². The van der Waals surface area contributed by atoms with Gasteiger partial charge in [-0.05, 0) is 313 Å². The number of hydrogen-bond donors (Lipinski definition) is 9. The van der Waals surface area contributed by atoms with E-state index in [1.807, 2.05) is 38.1 Å². The van der Waals surface area contributed by atoms with E-state index in [1.54, 1.807) is 21.3 Å². The Hall–Kier alpha value is -14.9. The number of rotatable bonds is 30. The predicted molar refractivity (Wildman–Crippen MR) is 571 cm³/mol. The first-order chi connectivity index (χ1) is 68.7. The highest BCUT2D eigenvalue weighted by Gasteiger charge is 2.31. The number of H-pyrrole nitrogens is 3. The van der Waals surface area contributed by atoms with Gasteiger partial charge >= 0.3 is 11.9 Å². The molecule has 24 nitrogen and oxygen atoms in total. The minimum Gasteiger partial charge on any atom is -0.496 e. The van der Waals surface area contributed by atoms with Gasteiger partial charge in [0, 0.05) is 118 Å². The van der Waals surface area contributed by atoms with Crippen molar-refractivity contribution in [3.63, 3.8) is 0 Å². The molecule has 19 rings (SSSR count). The number of anilines is 6. The average molecular weight is 1900 g/mol. The molecule has 15 aromatic rings. The lowest BCUT2D eigenvalue weighted by Crippen LogP contribution is -2.24. The molecule has 0 amide bonds. The number of nitrogens with zero attached hydrogens (tertiary/aromatic N) is 7. The summed E-state index contributed by atoms with van der Waals surface area (Å²) in [5, 5.41) is 66.6. The molecule has 9 N–H and O–H groups in total. The SMILES string of the molecule is COc1cc(/C=C/c2cccc(-c3cccc(Nc4n[nH]c5ccc(CN6CC[C@@H](O)C6)cc45)c3C)c2C)c(C)cc1C=O.COc1cc(/C=C/c2cccc(-c3cccc(Nc4n[nH]c5ccc(CN6CC[C@@H](O)C6)cc45)c3C)c2C)c(C)cc1CN1CC[C@@H](C(=O)O)C1.COc1cc(/C=C/c2cccc(-c3cccc(Nc4n[nH]c5ccc(CN6CC[C@@H](OC(C)=O)C6)cc45)c3C)c2C)c(C)cc1C=O. The van der Waals surface area contributed by atoms with E-state index in [4.69, 9.17) is 18.9 Å². The number of aromatic nitrogens is 6. The van der Waals surface area contributed by atoms with Crippen molar-refractivity contribution in [3.8, 4) is 50.6 Å². The fourth-order valence-corrected chi connectivity index (χ4v) is 20.2. The predicted octanol–water partition coefficient (Wildman–Crippen LogP) is 23.0. The van der Waals surface area contributed by atoms with Gasteiger partial charge in [-0.2, -0.15) is 15.3 Å². The van der Waals surface area contributed by atoms with Crippen molar-refractivity contribution in [2.24, 2.45) is 5.92 Å². The average Bonchev–Trinajstić information content (AvgIpc) is 1.75. The molecule has 7 heterocycles. The number of hydrogen-bond acceptors (Lipinski definition) is 20. The van der Waals surface area contributed by atoms with Gasteiger partial charge in [0.05, 0.1) is 67.1 Å². The Kier molecular flexibility index (Phi) is 30.8. The molecule has 12 aromatic carbocycles. The van der Waals surface area contributed by atoms with Gasteiger partial charge in [-0.1, -0.05) is 152 Å². The second kappa shape index (κ2) is 44.3. The van der Waals surface area contributed by atoms with Crippen molar-refractivity contribution in [3.05, 3.63) is 317 Å². The number of carboxylic acids is 1. The van der Waals surface area contributed by atoms with Crippen molar-refractivity contribution < 1.29 is 53.4 Å². The summed E-state index contributed by atoms with van der Waals surface area (Å²) in [6.45, 7) is 29.8. The molecule has 24 heteroatoms. The van der Waals surface area contributed by atoms with Crippen LogP contribution in [-0.2, 0) is 40.5 Å². The maximum Gasteiger partial charge on any atom is 0.307 e. The fraction of sp³-hybridized carbons (Fsp3) is 0.280. The van der Waals surface area contributed by atoms with Crippen LogP contribution in [0.3, 0.4) is 0 Å². The number of fused-ring (bicyclic) bond motifs is 3. The van der Waals surface area contributed by atoms with Crippen LogP contribution in [0, 0.1) is 68.2 Å². The molecule has 4 aliphatic heterocycles. The number of carbonyl (C=O) groups is 4. The summed E-state index contributed by atoms with van der Waals surface area (Å²) in [6, 6.07) is 69.2. The fourth-order valence-electron chi connectivity index (χ4n) is 20.2. The Labute approximate surface area is 829 Å². The smallest absolute Gasteiger partial charge is 0.307 e. The molecular formula is C118H125N13O11. The third-order valence-corrected chi connectivity index (χ3v) is 28.4. The number of carboxylic acid groups (broad SMARTS) is 1. The number of carbonyl (C=O) groups excluding carboxylic acids is 3. The zero-order chi connectivity index (χ0) is 99.5. The van der Waals surface area contributed by atoms with Crippen LogP contribution in [0.4, 0.5) is 34.5 Å². The molecular weight excluding hydrogens is 1780 g/mol. The van der Waals surface area contributed by atoms with Crippen LogP contribution >= 0.6 is 0 Å². The maximum atomic E-state index is 11.5. The Bertz CT molecular complexity index is 7330. The van der Waals surface area contributed by atoms with E-state index in [1.165, 1.54) is 51.4 Å². The van der Waals surface area contributed by atoms with Crippen LogP contribution < -0.4 is 30.2 Å². The molecule has 4 saturated heterocycles. The van der Waals surface area contributed by atoms with Crippen molar-refractivity contribution in [2.45, 2.75) is 139 Å². The minimum absolute atomic E-state index is 0.0343. The summed E-state index contributed by atoms with van der Waals surface area (Å²) in [4.78, 5) is 54.8. The number of aliphatic carboxylic acids is 1. The van der Waals surface area contributed by atoms with Crippen LogP contribution in [0.5, 0.6) is 17.2 Å². The summed E-state index contributed by atoms with van der Waals surface area (Å²) in [6.07, 6.45) is 17.1. The number of benzene rings is 12. The van der Waals surface area contributed by atoms with Crippen LogP contribution in [0.25, 0.3) is 103 Å². The van der Waals surface area contributed by atoms with Crippen LogP contribution in [0.2, 0.25) is 0 Å². The molecule has 4 atom stereocenters. The van der Waals surface area contributed by atoms with Crippen molar-refractivity contribution in [1.82, 2.24) is 50.2 Å². The first kappa shape index (κ1) is 98.7. The Morgan fingerprint density at radius 1 is 0.373 bits per heavy atom. The molecule has 3 aromatic heterocycles. The van der Waals surface area contributed by atoms with Crippen molar-refractivity contribution in [1.29, 1.82) is 0 Å². The Morgan fingerprint density at radius 2 is 0.704 bits per heavy atom. The zero-order valence-corrected chi connectivity index (χ0v) is 83.0. The first-order valence-corrected chi connectivity index (χ1v) is 48.7. The number of likely N-dealkylation sites (tertiary alicyclic amines) is 4. The number of aliphatic hydroxyl groups is 2. The number of esters is 1. The van der Waals surface area contributed by atoms with Gasteiger partial charge in [0.2, 0.25) is 0 Å². The molecule has 0 saturated carbocycles. The highest BCUT2D eigenvalue weighted by Crippen LogP contribution is 2.42. The van der Waals surface area contributed by atoms with Gasteiger partial charge in [-0.3, -0.25) is 54.1 Å². The van der Waals surface area contributed by atoms with Crippen molar-refractivity contribution in [2.75, 3.05) is 89.6 Å². The molecule has 4 aliphatic rings. The standard InChI is InChI=1S/C42H47N5O4.C39H40N4O4.C37H38N4O3/c1-26-19-33(24-47-17-15-32(23-47)42(49)50)40(51-4)21-31(26)13-12-30-7-5-8-35(27(30)2)36-9-6-10-38(28(36)3)43-41-37-20-29(11-14-39(37)44-45-41)22-46-18-16-34(48)25-46;1-24-18-31(23-44)38(46-5)20-30(24)14-13-29-8-6-9-33(25(29)2)34-10-7-11-36(26(34)3)40-39-35-19-28(12-15-37(35)41-42-39)21-43-17-16-32(22-43)47-27(4)45;1-23-17-29(22-42)36(44-4)19-28(23)13-12-27-7-5-8-31(24(27)2)32-9-6-10-34(25(32)3)38-37-33-18-26(11-14-35(33)39-40-37)20-41-16-15-30(43)21-41/h5-14,19-21,32,34,48H,15-18,22-25H2,1-4H3,(H,49,50)(H2,43,44,45);6-15,18-20,23,32H,16-17,21-22H2,1-5H3,(H2,40,41,42);5-14,17-19,22,30,43H,15-16,20-21H2,1-4H3,(H2,38,39,40)/b13-12+;14-13+;13-12+/t32-,34-;32-;30-/m111/s1. The number of nitrogens with one attached hydrogen (secondary N) is 6. The number of aliphatic hydroxyl groups excluding tert-OH is 2. The third kappa shape index (κ3) is 22.6. The number of ether oxygens (including phenoxy) is 4. The van der Waals surface area contributed by atoms with Crippen LogP contribution in [-0.4, -0.2) is 182 Å². The summed E-state index contributed by atoms with van der Waals surface area (Å²) in [5.74, 6) is 3.09. The zero-order valence-electron chi connectivity index (χ0n) is 83.0. The third-order valence-electron chi connectivity index (χ3n) is 28.4.